The minimum Gasteiger partial charge on any atom is -0.355 e. The smallest absolute Gasteiger partial charge is 0.237 e. The number of carbonyl (C=O) groups excluding carboxylic acids is 2. The summed E-state index contributed by atoms with van der Waals surface area (Å²) in [4.78, 5) is 25.5. The Kier molecular flexibility index (Phi) is 6.49. The van der Waals surface area contributed by atoms with Crippen LogP contribution in [-0.4, -0.2) is 42.3 Å². The molecule has 0 aromatic carbocycles. The highest BCUT2D eigenvalue weighted by Crippen LogP contribution is 2.19. The Morgan fingerprint density at radius 3 is 2.26 bits per heavy atom. The molecular formula is C15H28N2O2. The summed E-state index contributed by atoms with van der Waals surface area (Å²) < 4.78 is 0. The molecule has 1 unspecified atom stereocenters. The Morgan fingerprint density at radius 1 is 1.21 bits per heavy atom. The maximum Gasteiger partial charge on any atom is 0.237 e. The van der Waals surface area contributed by atoms with Crippen LogP contribution in [-0.2, 0) is 9.59 Å². The van der Waals surface area contributed by atoms with Crippen LogP contribution in [0.5, 0.6) is 0 Å². The summed E-state index contributed by atoms with van der Waals surface area (Å²) >= 11 is 0. The molecule has 0 spiro atoms. The quantitative estimate of drug-likeness (QED) is 0.799. The maximum atomic E-state index is 12.0. The summed E-state index contributed by atoms with van der Waals surface area (Å²) in [6.45, 7) is 10.4. The number of nitrogens with zero attached hydrogens (tertiary/aromatic N) is 1. The van der Waals surface area contributed by atoms with Gasteiger partial charge in [0.25, 0.3) is 0 Å². The van der Waals surface area contributed by atoms with Crippen LogP contribution >= 0.6 is 0 Å². The molecule has 0 bridgehead atoms. The monoisotopic (exact) mass is 268 g/mol. The lowest BCUT2D eigenvalue weighted by Gasteiger charge is -2.34. The van der Waals surface area contributed by atoms with Crippen LogP contribution in [0.15, 0.2) is 0 Å². The van der Waals surface area contributed by atoms with Crippen LogP contribution in [0.25, 0.3) is 0 Å². The molecule has 110 valence electrons. The average molecular weight is 268 g/mol. The summed E-state index contributed by atoms with van der Waals surface area (Å²) in [5.74, 6) is 1.21. The second-order valence-electron chi connectivity index (χ2n) is 6.07. The molecule has 1 atom stereocenters. The lowest BCUT2D eigenvalue weighted by molar-refractivity contribution is -0.127. The van der Waals surface area contributed by atoms with Crippen molar-refractivity contribution in [3.63, 3.8) is 0 Å². The molecule has 1 aliphatic rings. The number of rotatable bonds is 6. The van der Waals surface area contributed by atoms with Crippen LogP contribution in [0, 0.1) is 11.8 Å². The van der Waals surface area contributed by atoms with E-state index in [9.17, 15) is 9.59 Å². The van der Waals surface area contributed by atoms with Gasteiger partial charge >= 0.3 is 0 Å². The molecule has 19 heavy (non-hydrogen) atoms. The van der Waals surface area contributed by atoms with Gasteiger partial charge in [0.05, 0.1) is 6.04 Å². The minimum absolute atomic E-state index is 0.0833. The molecule has 1 fully saturated rings. The van der Waals surface area contributed by atoms with Gasteiger partial charge in [-0.25, -0.2) is 0 Å². The Balaban J connectivity index is 2.31. The second-order valence-corrected chi connectivity index (χ2v) is 6.07. The van der Waals surface area contributed by atoms with Crippen molar-refractivity contribution in [2.45, 2.75) is 53.0 Å². The van der Waals surface area contributed by atoms with Crippen LogP contribution in [0.3, 0.4) is 0 Å². The van der Waals surface area contributed by atoms with Gasteiger partial charge in [0.1, 0.15) is 5.78 Å². The van der Waals surface area contributed by atoms with Crippen molar-refractivity contribution >= 4 is 11.7 Å². The van der Waals surface area contributed by atoms with Gasteiger partial charge < -0.3 is 5.32 Å². The third-order valence-corrected chi connectivity index (χ3v) is 4.05. The van der Waals surface area contributed by atoms with E-state index < -0.39 is 0 Å². The number of amides is 1. The number of nitrogens with one attached hydrogen (secondary N) is 1. The Bertz CT molecular complexity index is 307. The van der Waals surface area contributed by atoms with E-state index in [0.29, 0.717) is 5.92 Å². The summed E-state index contributed by atoms with van der Waals surface area (Å²) in [6.07, 6.45) is 2.79. The van der Waals surface area contributed by atoms with Gasteiger partial charge in [-0.15, -0.1) is 0 Å². The summed E-state index contributed by atoms with van der Waals surface area (Å²) in [7, 11) is 0. The highest BCUT2D eigenvalue weighted by Gasteiger charge is 2.27. The van der Waals surface area contributed by atoms with Gasteiger partial charge in [-0.2, -0.15) is 0 Å². The number of carbonyl (C=O) groups is 2. The van der Waals surface area contributed by atoms with Gasteiger partial charge in [0.2, 0.25) is 5.91 Å². The average Bonchev–Trinajstić information content (AvgIpc) is 2.37. The van der Waals surface area contributed by atoms with E-state index in [4.69, 9.17) is 0 Å². The molecule has 0 saturated carbocycles. The van der Waals surface area contributed by atoms with Gasteiger partial charge in [0.15, 0.2) is 0 Å². The minimum atomic E-state index is -0.0833. The van der Waals surface area contributed by atoms with Crippen LogP contribution < -0.4 is 5.32 Å². The van der Waals surface area contributed by atoms with Crippen molar-refractivity contribution in [2.24, 2.45) is 11.8 Å². The van der Waals surface area contributed by atoms with E-state index >= 15 is 0 Å². The summed E-state index contributed by atoms with van der Waals surface area (Å²) in [5.41, 5.74) is 0. The lowest BCUT2D eigenvalue weighted by Crippen LogP contribution is -2.49. The van der Waals surface area contributed by atoms with E-state index in [1.165, 1.54) is 0 Å². The van der Waals surface area contributed by atoms with Crippen LogP contribution in [0.1, 0.15) is 47.0 Å². The lowest BCUT2D eigenvalue weighted by atomic mass is 9.92. The summed E-state index contributed by atoms with van der Waals surface area (Å²) in [5, 5.41) is 3.00. The molecular weight excluding hydrogens is 240 g/mol. The Labute approximate surface area is 116 Å². The first-order chi connectivity index (χ1) is 8.91. The predicted octanol–water partition coefficient (Wildman–Crippen LogP) is 1.84. The number of ketones is 1. The first-order valence-electron chi connectivity index (χ1n) is 7.44. The number of Topliss-reactive ketones (excluding diaryl/α,β-unsaturated/α-hetero) is 1. The zero-order valence-electron chi connectivity index (χ0n) is 12.7. The van der Waals surface area contributed by atoms with Crippen molar-refractivity contribution in [1.82, 2.24) is 10.2 Å². The Morgan fingerprint density at radius 2 is 1.79 bits per heavy atom. The highest BCUT2D eigenvalue weighted by atomic mass is 16.2. The maximum absolute atomic E-state index is 12.0. The molecule has 1 amide bonds. The van der Waals surface area contributed by atoms with Gasteiger partial charge in [-0.05, 0) is 52.1 Å². The molecule has 0 aliphatic carbocycles. The number of hydrogen-bond donors (Lipinski definition) is 1. The van der Waals surface area contributed by atoms with E-state index in [1.807, 2.05) is 6.92 Å². The fraction of sp³-hybridized carbons (Fsp3) is 0.867. The topological polar surface area (TPSA) is 49.4 Å². The molecule has 4 nitrogen and oxygen atoms in total. The fourth-order valence-electron chi connectivity index (χ4n) is 2.49. The highest BCUT2D eigenvalue weighted by molar-refractivity contribution is 5.81. The van der Waals surface area contributed by atoms with Crippen LogP contribution in [0.2, 0.25) is 0 Å². The largest absolute Gasteiger partial charge is 0.355 e. The molecule has 4 heteroatoms. The SMILES string of the molecule is CC(=O)C1CCN(C(C)C(=O)NCCC(C)C)CC1. The first kappa shape index (κ1) is 16.2. The molecule has 0 radical (unpaired) electrons. The van der Waals surface area contributed by atoms with E-state index in [2.05, 4.69) is 24.1 Å². The molecule has 1 rings (SSSR count). The van der Waals surface area contributed by atoms with Gasteiger partial charge in [0, 0.05) is 12.5 Å². The summed E-state index contributed by atoms with van der Waals surface area (Å²) in [6, 6.07) is -0.0833. The fourth-order valence-corrected chi connectivity index (χ4v) is 2.49. The third-order valence-electron chi connectivity index (χ3n) is 4.05. The third kappa shape index (κ3) is 5.31. The molecule has 0 aromatic rings. The molecule has 1 saturated heterocycles. The van der Waals surface area contributed by atoms with E-state index in [-0.39, 0.29) is 23.7 Å². The molecule has 1 heterocycles. The predicted molar refractivity (Wildman–Crippen MR) is 76.9 cm³/mol. The second kappa shape index (κ2) is 7.63. The molecule has 0 aromatic heterocycles. The normalized spacial score (nSPS) is 19.4. The number of likely N-dealkylation sites (tertiary alicyclic amines) is 1. The first-order valence-corrected chi connectivity index (χ1v) is 7.44. The van der Waals surface area contributed by atoms with E-state index in [0.717, 1.165) is 38.9 Å². The zero-order chi connectivity index (χ0) is 14.4. The standard InChI is InChI=1S/C15H28N2O2/c1-11(2)5-8-16-15(19)12(3)17-9-6-14(7-10-17)13(4)18/h11-12,14H,5-10H2,1-4H3,(H,16,19). The van der Waals surface area contributed by atoms with Gasteiger partial charge in [-0.1, -0.05) is 13.8 Å². The van der Waals surface area contributed by atoms with Crippen molar-refractivity contribution < 1.29 is 9.59 Å². The Hall–Kier alpha value is -0.900. The van der Waals surface area contributed by atoms with Crippen molar-refractivity contribution in [3.05, 3.63) is 0 Å². The molecule has 1 aliphatic heterocycles. The zero-order valence-corrected chi connectivity index (χ0v) is 12.7. The number of hydrogen-bond acceptors (Lipinski definition) is 3. The van der Waals surface area contributed by atoms with Gasteiger partial charge in [-0.3, -0.25) is 14.5 Å². The van der Waals surface area contributed by atoms with E-state index in [1.54, 1.807) is 6.92 Å². The van der Waals surface area contributed by atoms with Crippen molar-refractivity contribution in [2.75, 3.05) is 19.6 Å². The van der Waals surface area contributed by atoms with Crippen LogP contribution in [0.4, 0.5) is 0 Å². The number of piperidine rings is 1. The molecule has 1 N–H and O–H groups in total. The van der Waals surface area contributed by atoms with Crippen molar-refractivity contribution in [1.29, 1.82) is 0 Å². The van der Waals surface area contributed by atoms with Crippen molar-refractivity contribution in [3.8, 4) is 0 Å².